The lowest BCUT2D eigenvalue weighted by molar-refractivity contribution is -0.131. The van der Waals surface area contributed by atoms with Gasteiger partial charge in [0.15, 0.2) is 14.6 Å². The normalized spacial score (nSPS) is 13.4. The van der Waals surface area contributed by atoms with E-state index in [-0.39, 0.29) is 18.5 Å². The first-order chi connectivity index (χ1) is 15.1. The first kappa shape index (κ1) is 23.2. The van der Waals surface area contributed by atoms with E-state index in [0.717, 1.165) is 11.8 Å². The number of hydrogen-bond donors (Lipinski definition) is 2. The fourth-order valence-corrected chi connectivity index (χ4v) is 3.89. The van der Waals surface area contributed by atoms with E-state index in [4.69, 9.17) is 9.94 Å². The topological polar surface area (TPSA) is 145 Å². The smallest absolute Gasteiger partial charge is 0.264 e. The number of amides is 1. The first-order valence-corrected chi connectivity index (χ1v) is 11.4. The third-order valence-corrected chi connectivity index (χ3v) is 7.36. The molecule has 32 heavy (non-hydrogen) atoms. The summed E-state index contributed by atoms with van der Waals surface area (Å²) in [6, 6.07) is 10.4. The van der Waals surface area contributed by atoms with Crippen LogP contribution in [0.3, 0.4) is 0 Å². The van der Waals surface area contributed by atoms with Gasteiger partial charge in [-0.05, 0) is 42.7 Å². The molecule has 0 saturated heterocycles. The van der Waals surface area contributed by atoms with Gasteiger partial charge < -0.3 is 9.30 Å². The summed E-state index contributed by atoms with van der Waals surface area (Å²) in [5.41, 5.74) is 3.21. The van der Waals surface area contributed by atoms with E-state index >= 15 is 0 Å². The number of aryl methyl sites for hydroxylation is 1. The molecule has 3 rings (SSSR count). The highest BCUT2D eigenvalue weighted by Gasteiger charge is 2.43. The maximum absolute atomic E-state index is 12.6. The zero-order valence-electron chi connectivity index (χ0n) is 17.7. The van der Waals surface area contributed by atoms with Crippen LogP contribution in [0.4, 0.5) is 0 Å². The Bertz CT molecular complexity index is 1280. The van der Waals surface area contributed by atoms with Crippen molar-refractivity contribution in [2.24, 2.45) is 0 Å². The summed E-state index contributed by atoms with van der Waals surface area (Å²) < 4.78 is 28.6. The lowest BCUT2D eigenvalue weighted by atomic mass is 10.1. The third kappa shape index (κ3) is 4.55. The number of hydrogen-bond acceptors (Lipinski definition) is 8. The number of rotatable bonds is 8. The van der Waals surface area contributed by atoms with Crippen LogP contribution in [0, 0.1) is 0 Å². The van der Waals surface area contributed by atoms with Crippen LogP contribution in [0.15, 0.2) is 53.6 Å². The molecule has 1 aromatic carbocycles. The van der Waals surface area contributed by atoms with Gasteiger partial charge in [-0.2, -0.15) is 5.10 Å². The van der Waals surface area contributed by atoms with Crippen molar-refractivity contribution in [2.45, 2.75) is 24.6 Å². The summed E-state index contributed by atoms with van der Waals surface area (Å²) in [7, 11) is -2.34. The molecule has 0 unspecified atom stereocenters. The number of methoxy groups -OCH3 is 1. The molecule has 12 heteroatoms. The molecule has 11 nitrogen and oxygen atoms in total. The molecule has 0 aliphatic heterocycles. The van der Waals surface area contributed by atoms with E-state index in [0.29, 0.717) is 17.1 Å². The van der Waals surface area contributed by atoms with Gasteiger partial charge in [0.25, 0.3) is 17.3 Å². The van der Waals surface area contributed by atoms with E-state index in [1.54, 1.807) is 18.2 Å². The molecule has 2 N–H and O–H groups in total. The van der Waals surface area contributed by atoms with Crippen LogP contribution in [0.5, 0.6) is 5.88 Å². The Morgan fingerprint density at radius 1 is 1.22 bits per heavy atom. The first-order valence-electron chi connectivity index (χ1n) is 9.51. The SMILES string of the molecule is COc1cnn(-c2ccc(-c3ccn(CC[C@](C)(C(=O)NO)S(C)(=O)=O)c(=O)c3)cc2)n1. The Morgan fingerprint density at radius 3 is 2.44 bits per heavy atom. The molecule has 0 aliphatic rings. The number of nitrogens with zero attached hydrogens (tertiary/aromatic N) is 4. The van der Waals surface area contributed by atoms with Crippen LogP contribution in [0.2, 0.25) is 0 Å². The molecule has 1 atom stereocenters. The summed E-state index contributed by atoms with van der Waals surface area (Å²) in [5, 5.41) is 17.2. The fraction of sp³-hybridized carbons (Fsp3) is 0.300. The van der Waals surface area contributed by atoms with Crippen LogP contribution in [0.1, 0.15) is 13.3 Å². The van der Waals surface area contributed by atoms with Crippen molar-refractivity contribution in [3.05, 3.63) is 59.1 Å². The van der Waals surface area contributed by atoms with Crippen molar-refractivity contribution < 1.29 is 23.2 Å². The molecule has 2 heterocycles. The highest BCUT2D eigenvalue weighted by Crippen LogP contribution is 2.23. The number of carbonyl (C=O) groups is 1. The Labute approximate surface area is 184 Å². The van der Waals surface area contributed by atoms with Gasteiger partial charge in [0.05, 0.1) is 12.8 Å². The Hall–Kier alpha value is -3.51. The Morgan fingerprint density at radius 2 is 1.91 bits per heavy atom. The summed E-state index contributed by atoms with van der Waals surface area (Å²) in [6.45, 7) is 1.18. The second kappa shape index (κ2) is 8.93. The minimum absolute atomic E-state index is 0.0260. The molecule has 2 aromatic heterocycles. The lowest BCUT2D eigenvalue weighted by Crippen LogP contribution is -2.49. The molecular formula is C20H23N5O6S. The van der Waals surface area contributed by atoms with Crippen molar-refractivity contribution in [1.82, 2.24) is 25.0 Å². The van der Waals surface area contributed by atoms with Gasteiger partial charge in [0, 0.05) is 25.1 Å². The van der Waals surface area contributed by atoms with E-state index in [2.05, 4.69) is 10.2 Å². The molecule has 0 radical (unpaired) electrons. The maximum atomic E-state index is 12.6. The second-order valence-corrected chi connectivity index (χ2v) is 9.81. The predicted octanol–water partition coefficient (Wildman–Crippen LogP) is 0.803. The molecule has 0 aliphatic carbocycles. The average Bonchev–Trinajstić information content (AvgIpc) is 3.26. The van der Waals surface area contributed by atoms with Crippen LogP contribution in [0.25, 0.3) is 16.8 Å². The summed E-state index contributed by atoms with van der Waals surface area (Å²) >= 11 is 0. The number of aromatic nitrogens is 4. The largest absolute Gasteiger partial charge is 0.479 e. The van der Waals surface area contributed by atoms with Crippen molar-refractivity contribution in [3.63, 3.8) is 0 Å². The van der Waals surface area contributed by atoms with Crippen molar-refractivity contribution in [2.75, 3.05) is 13.4 Å². The van der Waals surface area contributed by atoms with E-state index in [1.807, 2.05) is 12.1 Å². The number of pyridine rings is 1. The standard InChI is InChI=1S/C20H23N5O6S/c1-20(19(27)23-28,32(3,29)30)9-11-24-10-8-15(12-18(24)26)14-4-6-16(7-5-14)25-21-13-17(22-25)31-2/h4-8,10,12-13,28H,9,11H2,1-3H3,(H,23,27)/t20-/m1/s1. The maximum Gasteiger partial charge on any atom is 0.264 e. The number of carbonyl (C=O) groups excluding carboxylic acids is 1. The number of benzene rings is 1. The van der Waals surface area contributed by atoms with Crippen molar-refractivity contribution in [1.29, 1.82) is 0 Å². The quantitative estimate of drug-likeness (QED) is 0.370. The molecule has 0 saturated carbocycles. The average molecular weight is 462 g/mol. The van der Waals surface area contributed by atoms with Gasteiger partial charge in [-0.1, -0.05) is 12.1 Å². The number of nitrogens with one attached hydrogen (secondary N) is 1. The molecule has 3 aromatic rings. The molecule has 0 fully saturated rings. The van der Waals surface area contributed by atoms with Gasteiger partial charge in [-0.3, -0.25) is 14.8 Å². The molecule has 1 amide bonds. The minimum atomic E-state index is -3.84. The van der Waals surface area contributed by atoms with E-state index < -0.39 is 20.5 Å². The van der Waals surface area contributed by atoms with Crippen molar-refractivity contribution in [3.8, 4) is 22.7 Å². The highest BCUT2D eigenvalue weighted by molar-refractivity contribution is 7.92. The van der Waals surface area contributed by atoms with Gasteiger partial charge in [-0.15, -0.1) is 9.90 Å². The fourth-order valence-electron chi connectivity index (χ4n) is 3.05. The predicted molar refractivity (Wildman–Crippen MR) is 115 cm³/mol. The van der Waals surface area contributed by atoms with Crippen molar-refractivity contribution >= 4 is 15.7 Å². The van der Waals surface area contributed by atoms with Crippen LogP contribution < -0.4 is 15.8 Å². The molecule has 0 spiro atoms. The number of hydroxylamine groups is 1. The molecule has 0 bridgehead atoms. The second-order valence-electron chi connectivity index (χ2n) is 7.36. The lowest BCUT2D eigenvalue weighted by Gasteiger charge is -2.25. The Kier molecular flexibility index (Phi) is 6.46. The molecule has 170 valence electrons. The van der Waals surface area contributed by atoms with Gasteiger partial charge in [0.1, 0.15) is 6.20 Å². The minimum Gasteiger partial charge on any atom is -0.479 e. The summed E-state index contributed by atoms with van der Waals surface area (Å²) in [6.07, 6.45) is 3.75. The zero-order chi connectivity index (χ0) is 23.5. The van der Waals surface area contributed by atoms with Gasteiger partial charge in [-0.25, -0.2) is 13.9 Å². The van der Waals surface area contributed by atoms with Crippen LogP contribution in [-0.2, 0) is 21.2 Å². The Balaban J connectivity index is 1.79. The number of sulfone groups is 1. The van der Waals surface area contributed by atoms with Gasteiger partial charge >= 0.3 is 0 Å². The molecular weight excluding hydrogens is 438 g/mol. The summed E-state index contributed by atoms with van der Waals surface area (Å²) in [4.78, 5) is 25.9. The summed E-state index contributed by atoms with van der Waals surface area (Å²) in [5.74, 6) is -0.657. The van der Waals surface area contributed by atoms with Gasteiger partial charge in [0.2, 0.25) is 0 Å². The third-order valence-electron chi connectivity index (χ3n) is 5.34. The number of ether oxygens (including phenoxy) is 1. The van der Waals surface area contributed by atoms with Crippen LogP contribution in [-0.4, -0.2) is 57.2 Å². The van der Waals surface area contributed by atoms with Crippen LogP contribution >= 0.6 is 0 Å². The zero-order valence-corrected chi connectivity index (χ0v) is 18.5. The highest BCUT2D eigenvalue weighted by atomic mass is 32.2. The van der Waals surface area contributed by atoms with E-state index in [1.165, 1.54) is 47.3 Å². The monoisotopic (exact) mass is 461 g/mol. The van der Waals surface area contributed by atoms with E-state index in [9.17, 15) is 18.0 Å².